The molecule has 1 fully saturated rings. The number of piperazine rings is 1. The van der Waals surface area contributed by atoms with E-state index in [9.17, 15) is 8.42 Å². The van der Waals surface area contributed by atoms with Gasteiger partial charge in [0.25, 0.3) is 10.0 Å². The Hall–Kier alpha value is -3.71. The second-order valence-electron chi connectivity index (χ2n) is 6.68. The lowest BCUT2D eigenvalue weighted by Crippen LogP contribution is -2.47. The summed E-state index contributed by atoms with van der Waals surface area (Å²) < 4.78 is 27.4. The fourth-order valence-corrected chi connectivity index (χ4v) is 4.16. The van der Waals surface area contributed by atoms with Gasteiger partial charge < -0.3 is 9.80 Å². The Bertz CT molecular complexity index is 1140. The topological polar surface area (TPSA) is 115 Å². The molecule has 1 N–H and O–H groups in total. The maximum absolute atomic E-state index is 12.5. The van der Waals surface area contributed by atoms with Crippen molar-refractivity contribution in [2.45, 2.75) is 4.90 Å². The molecule has 2 aromatic heterocycles. The highest BCUT2D eigenvalue weighted by molar-refractivity contribution is 7.92. The zero-order valence-corrected chi connectivity index (χ0v) is 16.8. The van der Waals surface area contributed by atoms with E-state index in [0.29, 0.717) is 11.5 Å². The average Bonchev–Trinajstić information content (AvgIpc) is 2.80. The van der Waals surface area contributed by atoms with Crippen molar-refractivity contribution < 1.29 is 8.42 Å². The summed E-state index contributed by atoms with van der Waals surface area (Å²) in [4.78, 5) is 17.3. The van der Waals surface area contributed by atoms with Crippen LogP contribution in [0.15, 0.2) is 66.0 Å². The molecule has 152 valence electrons. The number of rotatable bonds is 5. The van der Waals surface area contributed by atoms with Crippen LogP contribution in [0.25, 0.3) is 0 Å². The van der Waals surface area contributed by atoms with E-state index in [1.807, 2.05) is 24.3 Å². The number of hydrogen-bond acceptors (Lipinski definition) is 8. The molecule has 1 aliphatic rings. The van der Waals surface area contributed by atoms with E-state index >= 15 is 0 Å². The Balaban J connectivity index is 1.39. The van der Waals surface area contributed by atoms with Crippen LogP contribution < -0.4 is 14.5 Å². The molecular weight excluding hydrogens is 402 g/mol. The summed E-state index contributed by atoms with van der Waals surface area (Å²) in [7, 11) is -3.78. The number of nitriles is 1. The number of aromatic nitrogens is 3. The highest BCUT2D eigenvalue weighted by Gasteiger charge is 2.20. The lowest BCUT2D eigenvalue weighted by molar-refractivity contribution is 0.601. The van der Waals surface area contributed by atoms with Gasteiger partial charge in [0.15, 0.2) is 0 Å². The van der Waals surface area contributed by atoms with Crippen molar-refractivity contribution in [1.82, 2.24) is 15.0 Å². The number of sulfonamides is 1. The van der Waals surface area contributed by atoms with Crippen LogP contribution in [0.2, 0.25) is 0 Å². The van der Waals surface area contributed by atoms with Crippen LogP contribution in [0.3, 0.4) is 0 Å². The number of benzene rings is 1. The first-order chi connectivity index (χ1) is 14.5. The minimum absolute atomic E-state index is 0.0659. The average molecular weight is 421 g/mol. The van der Waals surface area contributed by atoms with E-state index in [2.05, 4.69) is 29.5 Å². The molecule has 0 spiro atoms. The maximum Gasteiger partial charge on any atom is 0.261 e. The normalized spacial score (nSPS) is 14.2. The molecule has 10 heteroatoms. The molecule has 0 atom stereocenters. The third kappa shape index (κ3) is 4.31. The summed E-state index contributed by atoms with van der Waals surface area (Å²) >= 11 is 0. The number of nitrogens with one attached hydrogen (secondary N) is 1. The van der Waals surface area contributed by atoms with Crippen LogP contribution in [0.5, 0.6) is 0 Å². The molecule has 0 amide bonds. The van der Waals surface area contributed by atoms with E-state index in [4.69, 9.17) is 5.26 Å². The van der Waals surface area contributed by atoms with Crippen LogP contribution in [-0.2, 0) is 10.0 Å². The molecule has 1 saturated heterocycles. The lowest BCUT2D eigenvalue weighted by atomic mass is 10.2. The van der Waals surface area contributed by atoms with E-state index in [0.717, 1.165) is 32.0 Å². The van der Waals surface area contributed by atoms with Gasteiger partial charge in [0, 0.05) is 32.4 Å². The van der Waals surface area contributed by atoms with Gasteiger partial charge in [-0.05, 0) is 36.4 Å². The minimum Gasteiger partial charge on any atom is -0.353 e. The molecule has 0 radical (unpaired) electrons. The van der Waals surface area contributed by atoms with Crippen molar-refractivity contribution in [3.63, 3.8) is 0 Å². The van der Waals surface area contributed by atoms with E-state index in [1.165, 1.54) is 36.7 Å². The van der Waals surface area contributed by atoms with Gasteiger partial charge in [-0.3, -0.25) is 4.72 Å². The Kier molecular flexibility index (Phi) is 5.45. The molecule has 0 saturated carbocycles. The third-order valence-corrected chi connectivity index (χ3v) is 6.12. The molecule has 9 nitrogen and oxygen atoms in total. The van der Waals surface area contributed by atoms with Gasteiger partial charge in [0.2, 0.25) is 5.95 Å². The summed E-state index contributed by atoms with van der Waals surface area (Å²) in [5, 5.41) is 8.83. The molecule has 1 aromatic carbocycles. The smallest absolute Gasteiger partial charge is 0.261 e. The van der Waals surface area contributed by atoms with Crippen molar-refractivity contribution >= 4 is 27.5 Å². The van der Waals surface area contributed by atoms with Gasteiger partial charge >= 0.3 is 0 Å². The summed E-state index contributed by atoms with van der Waals surface area (Å²) in [5.74, 6) is 1.50. The number of anilines is 3. The summed E-state index contributed by atoms with van der Waals surface area (Å²) in [6.07, 6.45) is 4.69. The molecule has 3 heterocycles. The van der Waals surface area contributed by atoms with E-state index < -0.39 is 10.0 Å². The molecule has 1 aliphatic heterocycles. The zero-order valence-electron chi connectivity index (χ0n) is 16.0. The van der Waals surface area contributed by atoms with Crippen molar-refractivity contribution in [1.29, 1.82) is 5.26 Å². The van der Waals surface area contributed by atoms with Crippen LogP contribution in [0, 0.1) is 11.3 Å². The summed E-state index contributed by atoms with van der Waals surface area (Å²) in [6.45, 7) is 3.08. The molecule has 0 bridgehead atoms. The molecular formula is C20H19N7O2S. The second-order valence-corrected chi connectivity index (χ2v) is 8.36. The summed E-state index contributed by atoms with van der Waals surface area (Å²) in [5.41, 5.74) is 0.667. The Morgan fingerprint density at radius 3 is 2.17 bits per heavy atom. The lowest BCUT2D eigenvalue weighted by Gasteiger charge is -2.35. The number of pyridine rings is 1. The molecule has 0 unspecified atom stereocenters. The van der Waals surface area contributed by atoms with Gasteiger partial charge in [0.05, 0.1) is 34.6 Å². The number of nitrogens with zero attached hydrogens (tertiary/aromatic N) is 6. The molecule has 4 rings (SSSR count). The number of hydrogen-bond donors (Lipinski definition) is 1. The highest BCUT2D eigenvalue weighted by atomic mass is 32.2. The minimum atomic E-state index is -3.78. The fraction of sp³-hybridized carbons (Fsp3) is 0.200. The predicted octanol–water partition coefficient (Wildman–Crippen LogP) is 1.87. The fourth-order valence-electron chi connectivity index (χ4n) is 3.14. The SMILES string of the molecule is N#Cc1ccc(S(=O)(=O)Nc2cnc(N3CCN(c4ccccn4)CC3)nc2)cc1. The van der Waals surface area contributed by atoms with Crippen LogP contribution >= 0.6 is 0 Å². The van der Waals surface area contributed by atoms with Gasteiger partial charge in [0.1, 0.15) is 5.82 Å². The van der Waals surface area contributed by atoms with Crippen molar-refractivity contribution in [2.75, 3.05) is 40.7 Å². The van der Waals surface area contributed by atoms with Crippen molar-refractivity contribution in [3.8, 4) is 6.07 Å². The third-order valence-electron chi connectivity index (χ3n) is 4.72. The Morgan fingerprint density at radius 1 is 0.900 bits per heavy atom. The van der Waals surface area contributed by atoms with Crippen LogP contribution in [-0.4, -0.2) is 49.5 Å². The molecule has 3 aromatic rings. The van der Waals surface area contributed by atoms with E-state index in [1.54, 1.807) is 6.20 Å². The van der Waals surface area contributed by atoms with Gasteiger partial charge in [-0.1, -0.05) is 6.07 Å². The van der Waals surface area contributed by atoms with Crippen LogP contribution in [0.4, 0.5) is 17.5 Å². The van der Waals surface area contributed by atoms with Gasteiger partial charge in [-0.15, -0.1) is 0 Å². The summed E-state index contributed by atoms with van der Waals surface area (Å²) in [6, 6.07) is 13.5. The maximum atomic E-state index is 12.5. The van der Waals surface area contributed by atoms with Gasteiger partial charge in [-0.2, -0.15) is 5.26 Å². The monoisotopic (exact) mass is 421 g/mol. The highest BCUT2D eigenvalue weighted by Crippen LogP contribution is 2.19. The quantitative estimate of drug-likeness (QED) is 0.664. The van der Waals surface area contributed by atoms with Gasteiger partial charge in [-0.25, -0.2) is 23.4 Å². The van der Waals surface area contributed by atoms with Crippen molar-refractivity contribution in [3.05, 3.63) is 66.6 Å². The predicted molar refractivity (Wildman–Crippen MR) is 113 cm³/mol. The second kappa shape index (κ2) is 8.34. The first kappa shape index (κ1) is 19.6. The Labute approximate surface area is 174 Å². The van der Waals surface area contributed by atoms with Crippen LogP contribution in [0.1, 0.15) is 5.56 Å². The first-order valence-corrected chi connectivity index (χ1v) is 10.8. The van der Waals surface area contributed by atoms with E-state index in [-0.39, 0.29) is 10.6 Å². The largest absolute Gasteiger partial charge is 0.353 e. The van der Waals surface area contributed by atoms with Crippen molar-refractivity contribution in [2.24, 2.45) is 0 Å². The molecule has 30 heavy (non-hydrogen) atoms. The Morgan fingerprint density at radius 2 is 1.57 bits per heavy atom. The standard InChI is InChI=1S/C20H19N7O2S/c21-13-16-4-6-18(7-5-16)30(28,29)25-17-14-23-20(24-15-17)27-11-9-26(10-12-27)19-3-1-2-8-22-19/h1-8,14-15,25H,9-12H2. The molecule has 0 aliphatic carbocycles. The first-order valence-electron chi connectivity index (χ1n) is 9.31. The zero-order chi connectivity index (χ0) is 21.0.